The van der Waals surface area contributed by atoms with E-state index in [2.05, 4.69) is 15.5 Å². The van der Waals surface area contributed by atoms with Crippen LogP contribution in [0.15, 0.2) is 24.7 Å². The quantitative estimate of drug-likeness (QED) is 0.443. The number of carbonyl (C=O) groups is 1. The van der Waals surface area contributed by atoms with Gasteiger partial charge in [-0.3, -0.25) is 24.3 Å². The summed E-state index contributed by atoms with van der Waals surface area (Å²) in [5.74, 6) is -0.0991. The molecule has 0 unspecified atom stereocenters. The highest BCUT2D eigenvalue weighted by atomic mass is 16.6. The Morgan fingerprint density at radius 3 is 2.86 bits per heavy atom. The molecular formula is C13H18N6O3. The fourth-order valence-corrected chi connectivity index (χ4v) is 2.04. The minimum atomic E-state index is -0.478. The summed E-state index contributed by atoms with van der Waals surface area (Å²) in [6.07, 6.45) is 5.82. The summed E-state index contributed by atoms with van der Waals surface area (Å²) in [4.78, 5) is 22.0. The third-order valence-corrected chi connectivity index (χ3v) is 3.27. The molecule has 0 aliphatic heterocycles. The second kappa shape index (κ2) is 7.34. The minimum Gasteiger partial charge on any atom is -0.356 e. The molecule has 0 saturated heterocycles. The number of rotatable bonds is 8. The van der Waals surface area contributed by atoms with Crippen LogP contribution in [0.4, 0.5) is 5.69 Å². The first kappa shape index (κ1) is 15.7. The van der Waals surface area contributed by atoms with E-state index < -0.39 is 4.92 Å². The molecule has 2 aromatic heterocycles. The van der Waals surface area contributed by atoms with Crippen LogP contribution in [0.3, 0.4) is 0 Å². The number of nitrogens with one attached hydrogen (secondary N) is 1. The first-order valence-electron chi connectivity index (χ1n) is 6.99. The Bertz CT molecular complexity index is 634. The van der Waals surface area contributed by atoms with E-state index in [1.807, 2.05) is 12.3 Å². The van der Waals surface area contributed by atoms with Crippen LogP contribution in [0, 0.1) is 17.0 Å². The van der Waals surface area contributed by atoms with Gasteiger partial charge in [0.15, 0.2) is 0 Å². The largest absolute Gasteiger partial charge is 0.356 e. The Morgan fingerprint density at radius 2 is 2.23 bits per heavy atom. The first-order chi connectivity index (χ1) is 10.6. The van der Waals surface area contributed by atoms with Crippen molar-refractivity contribution >= 4 is 11.6 Å². The van der Waals surface area contributed by atoms with Crippen LogP contribution in [0.25, 0.3) is 0 Å². The molecule has 9 heteroatoms. The molecule has 0 aliphatic carbocycles. The lowest BCUT2D eigenvalue weighted by atomic mass is 10.3. The van der Waals surface area contributed by atoms with Gasteiger partial charge in [0, 0.05) is 31.9 Å². The SMILES string of the molecule is Cc1c([N+](=O)[O-])cnn1CCC(=O)NCCCn1cccn1. The molecule has 0 bridgehead atoms. The van der Waals surface area contributed by atoms with Crippen molar-refractivity contribution in [2.45, 2.75) is 32.9 Å². The normalized spacial score (nSPS) is 10.6. The van der Waals surface area contributed by atoms with Gasteiger partial charge in [0.1, 0.15) is 11.9 Å². The number of hydrogen-bond donors (Lipinski definition) is 1. The molecule has 1 amide bonds. The van der Waals surface area contributed by atoms with Crippen LogP contribution in [-0.4, -0.2) is 36.9 Å². The fourth-order valence-electron chi connectivity index (χ4n) is 2.04. The van der Waals surface area contributed by atoms with Crippen LogP contribution in [-0.2, 0) is 17.9 Å². The minimum absolute atomic E-state index is 0.0281. The molecule has 0 spiro atoms. The van der Waals surface area contributed by atoms with E-state index in [1.54, 1.807) is 17.8 Å². The molecule has 2 aromatic rings. The summed E-state index contributed by atoms with van der Waals surface area (Å²) in [6, 6.07) is 1.85. The lowest BCUT2D eigenvalue weighted by molar-refractivity contribution is -0.385. The molecule has 0 fully saturated rings. The molecule has 0 atom stereocenters. The molecule has 9 nitrogen and oxygen atoms in total. The van der Waals surface area contributed by atoms with Gasteiger partial charge in [0.25, 0.3) is 0 Å². The van der Waals surface area contributed by atoms with Gasteiger partial charge < -0.3 is 5.32 Å². The van der Waals surface area contributed by atoms with E-state index in [-0.39, 0.29) is 18.0 Å². The summed E-state index contributed by atoms with van der Waals surface area (Å²) in [6.45, 7) is 3.26. The molecule has 2 rings (SSSR count). The van der Waals surface area contributed by atoms with Gasteiger partial charge in [-0.2, -0.15) is 10.2 Å². The number of aryl methyl sites for hydroxylation is 2. The molecule has 0 radical (unpaired) electrons. The van der Waals surface area contributed by atoms with Crippen LogP contribution >= 0.6 is 0 Å². The zero-order valence-corrected chi connectivity index (χ0v) is 12.3. The number of nitrogens with zero attached hydrogens (tertiary/aromatic N) is 5. The maximum Gasteiger partial charge on any atom is 0.309 e. The highest BCUT2D eigenvalue weighted by Gasteiger charge is 2.16. The van der Waals surface area contributed by atoms with Gasteiger partial charge >= 0.3 is 5.69 Å². The van der Waals surface area contributed by atoms with E-state index in [1.165, 1.54) is 10.9 Å². The molecule has 0 aliphatic rings. The van der Waals surface area contributed by atoms with Crippen molar-refractivity contribution in [1.82, 2.24) is 24.9 Å². The average Bonchev–Trinajstić information content (AvgIpc) is 3.11. The molecule has 118 valence electrons. The Labute approximate surface area is 127 Å². The molecule has 22 heavy (non-hydrogen) atoms. The number of carbonyl (C=O) groups excluding carboxylic acids is 1. The van der Waals surface area contributed by atoms with Gasteiger partial charge in [0.05, 0.1) is 11.5 Å². The van der Waals surface area contributed by atoms with Crippen LogP contribution < -0.4 is 5.32 Å². The van der Waals surface area contributed by atoms with E-state index in [4.69, 9.17) is 0 Å². The van der Waals surface area contributed by atoms with Crippen LogP contribution in [0.2, 0.25) is 0 Å². The molecule has 1 N–H and O–H groups in total. The lowest BCUT2D eigenvalue weighted by Gasteiger charge is -2.06. The number of hydrogen-bond acceptors (Lipinski definition) is 5. The van der Waals surface area contributed by atoms with Crippen molar-refractivity contribution in [3.8, 4) is 0 Å². The van der Waals surface area contributed by atoms with Crippen LogP contribution in [0.1, 0.15) is 18.5 Å². The first-order valence-corrected chi connectivity index (χ1v) is 6.99. The van der Waals surface area contributed by atoms with Crippen molar-refractivity contribution in [3.05, 3.63) is 40.5 Å². The third kappa shape index (κ3) is 4.14. The Kier molecular flexibility index (Phi) is 5.23. The highest BCUT2D eigenvalue weighted by Crippen LogP contribution is 2.16. The van der Waals surface area contributed by atoms with Crippen LogP contribution in [0.5, 0.6) is 0 Å². The lowest BCUT2D eigenvalue weighted by Crippen LogP contribution is -2.26. The predicted octanol–water partition coefficient (Wildman–Crippen LogP) is 0.893. The van der Waals surface area contributed by atoms with Gasteiger partial charge in [0.2, 0.25) is 5.91 Å². The standard InChI is InChI=1S/C13H18N6O3/c1-11-12(19(21)22)10-16-18(11)9-4-13(20)14-5-2-7-17-8-3-6-15-17/h3,6,8,10H,2,4-5,7,9H2,1H3,(H,14,20). The zero-order chi connectivity index (χ0) is 15.9. The Morgan fingerprint density at radius 1 is 1.41 bits per heavy atom. The maximum atomic E-state index is 11.7. The second-order valence-corrected chi connectivity index (χ2v) is 4.82. The Hall–Kier alpha value is -2.71. The van der Waals surface area contributed by atoms with Crippen molar-refractivity contribution in [2.75, 3.05) is 6.54 Å². The van der Waals surface area contributed by atoms with E-state index in [9.17, 15) is 14.9 Å². The van der Waals surface area contributed by atoms with E-state index in [0.717, 1.165) is 13.0 Å². The number of aromatic nitrogens is 4. The predicted molar refractivity (Wildman–Crippen MR) is 78.1 cm³/mol. The third-order valence-electron chi connectivity index (χ3n) is 3.27. The van der Waals surface area contributed by atoms with Crippen molar-refractivity contribution in [3.63, 3.8) is 0 Å². The van der Waals surface area contributed by atoms with Crippen molar-refractivity contribution in [2.24, 2.45) is 0 Å². The molecule has 0 aromatic carbocycles. The van der Waals surface area contributed by atoms with E-state index in [0.29, 0.717) is 18.8 Å². The molecule has 0 saturated carbocycles. The summed E-state index contributed by atoms with van der Waals surface area (Å²) in [7, 11) is 0. The Balaban J connectivity index is 1.68. The topological polar surface area (TPSA) is 108 Å². The molecule has 2 heterocycles. The summed E-state index contributed by atoms with van der Waals surface area (Å²) in [5, 5.41) is 21.5. The average molecular weight is 306 g/mol. The maximum absolute atomic E-state index is 11.7. The molecular weight excluding hydrogens is 288 g/mol. The number of nitro groups is 1. The van der Waals surface area contributed by atoms with Gasteiger partial charge in [-0.15, -0.1) is 0 Å². The zero-order valence-electron chi connectivity index (χ0n) is 12.3. The van der Waals surface area contributed by atoms with Gasteiger partial charge in [-0.1, -0.05) is 0 Å². The summed E-state index contributed by atoms with van der Waals surface area (Å²) >= 11 is 0. The van der Waals surface area contributed by atoms with Crippen molar-refractivity contribution < 1.29 is 9.72 Å². The van der Waals surface area contributed by atoms with E-state index >= 15 is 0 Å². The summed E-state index contributed by atoms with van der Waals surface area (Å²) < 4.78 is 3.28. The highest BCUT2D eigenvalue weighted by molar-refractivity contribution is 5.75. The fraction of sp³-hybridized carbons (Fsp3) is 0.462. The summed E-state index contributed by atoms with van der Waals surface area (Å²) in [5.41, 5.74) is 0.427. The monoisotopic (exact) mass is 306 g/mol. The van der Waals surface area contributed by atoms with Gasteiger partial charge in [-0.25, -0.2) is 0 Å². The smallest absolute Gasteiger partial charge is 0.309 e. The van der Waals surface area contributed by atoms with Crippen molar-refractivity contribution in [1.29, 1.82) is 0 Å². The number of amides is 1. The second-order valence-electron chi connectivity index (χ2n) is 4.82. The van der Waals surface area contributed by atoms with Gasteiger partial charge in [-0.05, 0) is 19.4 Å².